The van der Waals surface area contributed by atoms with Crippen molar-refractivity contribution >= 4 is 17.6 Å². The van der Waals surface area contributed by atoms with Crippen molar-refractivity contribution < 1.29 is 9.53 Å². The average molecular weight is 375 g/mol. The fourth-order valence-corrected chi connectivity index (χ4v) is 2.59. The molecule has 0 aromatic heterocycles. The molecule has 0 radical (unpaired) electrons. The van der Waals surface area contributed by atoms with Crippen LogP contribution in [0.15, 0.2) is 48.5 Å². The van der Waals surface area contributed by atoms with Gasteiger partial charge < -0.3 is 15.0 Å². The smallest absolute Gasteiger partial charge is 0.317 e. The number of carbonyl (C=O) groups excluding carboxylic acids is 1. The molecule has 26 heavy (non-hydrogen) atoms. The molecule has 0 saturated heterocycles. The SMILES string of the molecule is CN(Cc1ccccc1Cl)C(=O)NCc1cccc(COC(C)(C)C)c1. The van der Waals surface area contributed by atoms with E-state index < -0.39 is 0 Å². The van der Waals surface area contributed by atoms with E-state index in [1.807, 2.05) is 63.2 Å². The van der Waals surface area contributed by atoms with Crippen molar-refractivity contribution in [3.05, 3.63) is 70.2 Å². The monoisotopic (exact) mass is 374 g/mol. The molecule has 0 fully saturated rings. The van der Waals surface area contributed by atoms with Crippen LogP contribution >= 0.6 is 11.6 Å². The van der Waals surface area contributed by atoms with E-state index in [1.54, 1.807) is 11.9 Å². The second-order valence-corrected chi connectivity index (χ2v) is 7.73. The van der Waals surface area contributed by atoms with Crippen LogP contribution in [0.2, 0.25) is 5.02 Å². The van der Waals surface area contributed by atoms with Gasteiger partial charge in [-0.3, -0.25) is 0 Å². The maximum atomic E-state index is 12.3. The van der Waals surface area contributed by atoms with E-state index >= 15 is 0 Å². The molecule has 0 aliphatic heterocycles. The first-order chi connectivity index (χ1) is 12.2. The van der Waals surface area contributed by atoms with Gasteiger partial charge in [0.25, 0.3) is 0 Å². The molecule has 0 unspecified atom stereocenters. The number of ether oxygens (including phenoxy) is 1. The Bertz CT molecular complexity index is 741. The highest BCUT2D eigenvalue weighted by atomic mass is 35.5. The molecule has 0 spiro atoms. The normalized spacial score (nSPS) is 11.3. The van der Waals surface area contributed by atoms with Crippen molar-refractivity contribution in [2.24, 2.45) is 0 Å². The van der Waals surface area contributed by atoms with Gasteiger partial charge >= 0.3 is 6.03 Å². The van der Waals surface area contributed by atoms with Crippen LogP contribution < -0.4 is 5.32 Å². The number of urea groups is 1. The Morgan fingerprint density at radius 2 is 1.81 bits per heavy atom. The van der Waals surface area contributed by atoms with Gasteiger partial charge in [-0.15, -0.1) is 0 Å². The molecule has 0 aliphatic rings. The standard InChI is InChI=1S/C21H27ClN2O2/c1-21(2,3)26-15-17-9-7-8-16(12-17)13-23-20(25)24(4)14-18-10-5-6-11-19(18)22/h5-12H,13-15H2,1-4H3,(H,23,25). The summed E-state index contributed by atoms with van der Waals surface area (Å²) in [6.07, 6.45) is 0. The Hall–Kier alpha value is -2.04. The van der Waals surface area contributed by atoms with E-state index in [9.17, 15) is 4.79 Å². The van der Waals surface area contributed by atoms with Crippen LogP contribution in [0.5, 0.6) is 0 Å². The third-order valence-electron chi connectivity index (χ3n) is 3.82. The summed E-state index contributed by atoms with van der Waals surface area (Å²) >= 11 is 6.15. The van der Waals surface area contributed by atoms with Crippen molar-refractivity contribution in [3.8, 4) is 0 Å². The third kappa shape index (κ3) is 6.70. The second kappa shape index (κ2) is 9.06. The van der Waals surface area contributed by atoms with Crippen LogP contribution in [-0.4, -0.2) is 23.6 Å². The molecule has 0 bridgehead atoms. The Morgan fingerprint density at radius 1 is 1.12 bits per heavy atom. The lowest BCUT2D eigenvalue weighted by Crippen LogP contribution is -2.36. The zero-order valence-electron chi connectivity index (χ0n) is 15.9. The lowest BCUT2D eigenvalue weighted by Gasteiger charge is -2.20. The van der Waals surface area contributed by atoms with Crippen LogP contribution in [0.1, 0.15) is 37.5 Å². The quantitative estimate of drug-likeness (QED) is 0.773. The van der Waals surface area contributed by atoms with E-state index in [2.05, 4.69) is 11.4 Å². The fourth-order valence-electron chi connectivity index (χ4n) is 2.40. The predicted octanol–water partition coefficient (Wildman–Crippen LogP) is 5.00. The average Bonchev–Trinajstić information content (AvgIpc) is 2.59. The molecule has 140 valence electrons. The minimum Gasteiger partial charge on any atom is -0.371 e. The number of amides is 2. The minimum absolute atomic E-state index is 0.138. The van der Waals surface area contributed by atoms with Crippen molar-refractivity contribution in [1.82, 2.24) is 10.2 Å². The zero-order chi connectivity index (χ0) is 19.2. The Morgan fingerprint density at radius 3 is 2.50 bits per heavy atom. The summed E-state index contributed by atoms with van der Waals surface area (Å²) in [5.41, 5.74) is 2.88. The summed E-state index contributed by atoms with van der Waals surface area (Å²) in [4.78, 5) is 13.9. The minimum atomic E-state index is -0.175. The number of carbonyl (C=O) groups is 1. The summed E-state index contributed by atoms with van der Waals surface area (Å²) in [7, 11) is 1.76. The number of halogens is 1. The van der Waals surface area contributed by atoms with Crippen molar-refractivity contribution in [2.75, 3.05) is 7.05 Å². The zero-order valence-corrected chi connectivity index (χ0v) is 16.6. The van der Waals surface area contributed by atoms with Crippen LogP contribution in [0.3, 0.4) is 0 Å². The molecular formula is C21H27ClN2O2. The van der Waals surface area contributed by atoms with Gasteiger partial charge in [0, 0.05) is 25.2 Å². The Labute approximate surface area is 161 Å². The summed E-state index contributed by atoms with van der Waals surface area (Å²) in [5.74, 6) is 0. The van der Waals surface area contributed by atoms with Gasteiger partial charge in [-0.1, -0.05) is 54.1 Å². The summed E-state index contributed by atoms with van der Waals surface area (Å²) < 4.78 is 5.80. The van der Waals surface area contributed by atoms with Gasteiger partial charge in [-0.25, -0.2) is 4.79 Å². The molecule has 0 aliphatic carbocycles. The van der Waals surface area contributed by atoms with Crippen molar-refractivity contribution in [2.45, 2.75) is 46.1 Å². The summed E-state index contributed by atoms with van der Waals surface area (Å²) in [6, 6.07) is 15.5. The molecular weight excluding hydrogens is 348 g/mol. The lowest BCUT2D eigenvalue weighted by molar-refractivity contribution is -0.0149. The van der Waals surface area contributed by atoms with Crippen LogP contribution in [-0.2, 0) is 24.4 Å². The largest absolute Gasteiger partial charge is 0.371 e. The lowest BCUT2D eigenvalue weighted by atomic mass is 10.1. The molecule has 5 heteroatoms. The van der Waals surface area contributed by atoms with Gasteiger partial charge in [0.15, 0.2) is 0 Å². The highest BCUT2D eigenvalue weighted by molar-refractivity contribution is 6.31. The molecule has 2 amide bonds. The van der Waals surface area contributed by atoms with Gasteiger partial charge in [-0.05, 0) is 43.5 Å². The first-order valence-corrected chi connectivity index (χ1v) is 9.06. The Kier molecular flexibility index (Phi) is 7.06. The topological polar surface area (TPSA) is 41.6 Å². The highest BCUT2D eigenvalue weighted by Crippen LogP contribution is 2.16. The van der Waals surface area contributed by atoms with Crippen LogP contribution in [0.25, 0.3) is 0 Å². The number of nitrogens with zero attached hydrogens (tertiary/aromatic N) is 1. The van der Waals surface area contributed by atoms with Gasteiger partial charge in [0.05, 0.1) is 12.2 Å². The molecule has 4 nitrogen and oxygen atoms in total. The first-order valence-electron chi connectivity index (χ1n) is 8.69. The van der Waals surface area contributed by atoms with Gasteiger partial charge in [0.1, 0.15) is 0 Å². The molecule has 1 N–H and O–H groups in total. The second-order valence-electron chi connectivity index (χ2n) is 7.33. The highest BCUT2D eigenvalue weighted by Gasteiger charge is 2.12. The van der Waals surface area contributed by atoms with E-state index in [0.717, 1.165) is 16.7 Å². The number of benzene rings is 2. The fraction of sp³-hybridized carbons (Fsp3) is 0.381. The number of rotatable bonds is 6. The summed E-state index contributed by atoms with van der Waals surface area (Å²) in [6.45, 7) is 7.58. The Balaban J connectivity index is 1.87. The summed E-state index contributed by atoms with van der Waals surface area (Å²) in [5, 5.41) is 3.61. The van der Waals surface area contributed by atoms with Crippen molar-refractivity contribution in [3.63, 3.8) is 0 Å². The molecule has 0 atom stereocenters. The maximum absolute atomic E-state index is 12.3. The number of hydrogen-bond donors (Lipinski definition) is 1. The number of hydrogen-bond acceptors (Lipinski definition) is 2. The maximum Gasteiger partial charge on any atom is 0.317 e. The molecule has 2 aromatic rings. The third-order valence-corrected chi connectivity index (χ3v) is 4.19. The van der Waals surface area contributed by atoms with E-state index in [1.165, 1.54) is 0 Å². The number of nitrogens with one attached hydrogen (secondary N) is 1. The first kappa shape index (κ1) is 20.3. The molecule has 2 rings (SSSR count). The van der Waals surface area contributed by atoms with Crippen molar-refractivity contribution in [1.29, 1.82) is 0 Å². The predicted molar refractivity (Wildman–Crippen MR) is 106 cm³/mol. The molecule has 2 aromatic carbocycles. The van der Waals surface area contributed by atoms with E-state index in [4.69, 9.17) is 16.3 Å². The van der Waals surface area contributed by atoms with Crippen LogP contribution in [0, 0.1) is 0 Å². The molecule has 0 heterocycles. The van der Waals surface area contributed by atoms with Gasteiger partial charge in [0.2, 0.25) is 0 Å². The van der Waals surface area contributed by atoms with Crippen LogP contribution in [0.4, 0.5) is 4.79 Å². The van der Waals surface area contributed by atoms with E-state index in [0.29, 0.717) is 24.7 Å². The van der Waals surface area contributed by atoms with Gasteiger partial charge in [-0.2, -0.15) is 0 Å². The molecule has 0 saturated carbocycles. The van der Waals surface area contributed by atoms with E-state index in [-0.39, 0.29) is 11.6 Å².